The molecule has 2 fully saturated rings. The van der Waals surface area contributed by atoms with Crippen LogP contribution in [0.4, 0.5) is 0 Å². The quantitative estimate of drug-likeness (QED) is 0.900. The molecule has 2 saturated heterocycles. The molecule has 2 aromatic rings. The summed E-state index contributed by atoms with van der Waals surface area (Å²) in [6.45, 7) is 4.18. The average Bonchev–Trinajstić information content (AvgIpc) is 3.10. The maximum Gasteiger partial charge on any atom is 0.345 e. The Morgan fingerprint density at radius 1 is 1.20 bits per heavy atom. The molecule has 3 heterocycles. The summed E-state index contributed by atoms with van der Waals surface area (Å²) in [6, 6.07) is 12.5. The molecule has 1 amide bonds. The second-order valence-electron chi connectivity index (χ2n) is 7.18. The molecular formula is C19H22N4O2. The lowest BCUT2D eigenvalue weighted by atomic mass is 9.90. The average molecular weight is 338 g/mol. The molecule has 1 N–H and O–H groups in total. The molecule has 0 radical (unpaired) electrons. The van der Waals surface area contributed by atoms with E-state index in [1.807, 2.05) is 11.0 Å². The summed E-state index contributed by atoms with van der Waals surface area (Å²) >= 11 is 0. The number of nitrogens with zero attached hydrogens (tertiary/aromatic N) is 3. The highest BCUT2D eigenvalue weighted by Crippen LogP contribution is 2.44. The van der Waals surface area contributed by atoms with Gasteiger partial charge in [0, 0.05) is 37.3 Å². The van der Waals surface area contributed by atoms with Crippen molar-refractivity contribution in [3.05, 3.63) is 63.8 Å². The highest BCUT2D eigenvalue weighted by atomic mass is 16.2. The minimum Gasteiger partial charge on any atom is -0.337 e. The van der Waals surface area contributed by atoms with Gasteiger partial charge in [-0.2, -0.15) is 4.98 Å². The maximum absolute atomic E-state index is 12.8. The third kappa shape index (κ3) is 2.87. The Labute approximate surface area is 146 Å². The van der Waals surface area contributed by atoms with E-state index in [0.717, 1.165) is 13.1 Å². The predicted octanol–water partition coefficient (Wildman–Crippen LogP) is 1.45. The van der Waals surface area contributed by atoms with E-state index in [1.54, 1.807) is 13.0 Å². The van der Waals surface area contributed by atoms with E-state index in [9.17, 15) is 9.59 Å². The third-order valence-electron chi connectivity index (χ3n) is 5.42. The number of rotatable bonds is 2. The van der Waals surface area contributed by atoms with Crippen LogP contribution in [0.2, 0.25) is 0 Å². The van der Waals surface area contributed by atoms with Crippen molar-refractivity contribution in [3.63, 3.8) is 0 Å². The number of hydrogen-bond acceptors (Lipinski definition) is 4. The SMILES string of the molecule is Cc1cc(C(=O)N2C[C@@H]3CN(C)[C@@H](c4ccccc4)[C@@H]3C2)nc(=O)[nH]1. The number of aryl methyl sites for hydroxylation is 1. The van der Waals surface area contributed by atoms with Crippen LogP contribution in [0.3, 0.4) is 0 Å². The van der Waals surface area contributed by atoms with Crippen LogP contribution < -0.4 is 5.69 Å². The van der Waals surface area contributed by atoms with Crippen molar-refractivity contribution in [2.45, 2.75) is 13.0 Å². The van der Waals surface area contributed by atoms with E-state index in [1.165, 1.54) is 5.56 Å². The molecule has 0 aliphatic carbocycles. The number of hydrogen-bond donors (Lipinski definition) is 1. The fourth-order valence-electron chi connectivity index (χ4n) is 4.43. The molecule has 0 spiro atoms. The molecule has 0 unspecified atom stereocenters. The molecule has 1 aromatic carbocycles. The molecule has 2 aliphatic heterocycles. The van der Waals surface area contributed by atoms with Crippen LogP contribution in [0, 0.1) is 18.8 Å². The van der Waals surface area contributed by atoms with E-state index in [4.69, 9.17) is 0 Å². The van der Waals surface area contributed by atoms with Gasteiger partial charge in [0.05, 0.1) is 0 Å². The lowest BCUT2D eigenvalue weighted by Crippen LogP contribution is -2.35. The van der Waals surface area contributed by atoms with Crippen molar-refractivity contribution < 1.29 is 4.79 Å². The van der Waals surface area contributed by atoms with Crippen LogP contribution in [0.5, 0.6) is 0 Å². The Morgan fingerprint density at radius 3 is 2.68 bits per heavy atom. The lowest BCUT2D eigenvalue weighted by Gasteiger charge is -2.26. The van der Waals surface area contributed by atoms with Gasteiger partial charge >= 0.3 is 5.69 Å². The van der Waals surface area contributed by atoms with E-state index in [0.29, 0.717) is 30.1 Å². The van der Waals surface area contributed by atoms with E-state index >= 15 is 0 Å². The number of aromatic nitrogens is 2. The zero-order valence-corrected chi connectivity index (χ0v) is 14.5. The Hall–Kier alpha value is -2.47. The summed E-state index contributed by atoms with van der Waals surface area (Å²) in [4.78, 5) is 35.1. The van der Waals surface area contributed by atoms with Crippen LogP contribution in [-0.4, -0.2) is 52.4 Å². The number of carbonyl (C=O) groups is 1. The predicted molar refractivity (Wildman–Crippen MR) is 94.3 cm³/mol. The number of H-pyrrole nitrogens is 1. The fraction of sp³-hybridized carbons (Fsp3) is 0.421. The molecule has 4 rings (SSSR count). The van der Waals surface area contributed by atoms with E-state index in [-0.39, 0.29) is 11.6 Å². The normalized spacial score (nSPS) is 26.0. The van der Waals surface area contributed by atoms with E-state index in [2.05, 4.69) is 46.2 Å². The molecule has 25 heavy (non-hydrogen) atoms. The monoisotopic (exact) mass is 338 g/mol. The lowest BCUT2D eigenvalue weighted by molar-refractivity contribution is 0.0761. The van der Waals surface area contributed by atoms with E-state index < -0.39 is 5.69 Å². The van der Waals surface area contributed by atoms with Crippen LogP contribution in [-0.2, 0) is 0 Å². The van der Waals surface area contributed by atoms with Gasteiger partial charge in [-0.05, 0) is 31.5 Å². The van der Waals surface area contributed by atoms with Gasteiger partial charge in [-0.3, -0.25) is 9.69 Å². The summed E-state index contributed by atoms with van der Waals surface area (Å²) in [6.07, 6.45) is 0. The number of amides is 1. The second kappa shape index (κ2) is 6.11. The molecule has 0 bridgehead atoms. The van der Waals surface area contributed by atoms with Gasteiger partial charge in [-0.1, -0.05) is 30.3 Å². The second-order valence-corrected chi connectivity index (χ2v) is 7.18. The zero-order chi connectivity index (χ0) is 17.6. The van der Waals surface area contributed by atoms with Crippen LogP contribution in [0.1, 0.15) is 27.8 Å². The molecule has 6 nitrogen and oxygen atoms in total. The maximum atomic E-state index is 12.8. The van der Waals surface area contributed by atoms with Gasteiger partial charge in [-0.15, -0.1) is 0 Å². The van der Waals surface area contributed by atoms with Crippen molar-refractivity contribution in [3.8, 4) is 0 Å². The van der Waals surface area contributed by atoms with Gasteiger partial charge in [0.15, 0.2) is 0 Å². The van der Waals surface area contributed by atoms with Crippen LogP contribution in [0.15, 0.2) is 41.2 Å². The molecule has 6 heteroatoms. The summed E-state index contributed by atoms with van der Waals surface area (Å²) in [5.74, 6) is 0.736. The number of nitrogens with one attached hydrogen (secondary N) is 1. The minimum absolute atomic E-state index is 0.141. The highest BCUT2D eigenvalue weighted by molar-refractivity contribution is 5.92. The van der Waals surface area contributed by atoms with Gasteiger partial charge in [0.25, 0.3) is 5.91 Å². The Morgan fingerprint density at radius 2 is 1.96 bits per heavy atom. The first-order valence-electron chi connectivity index (χ1n) is 8.65. The van der Waals surface area contributed by atoms with Gasteiger partial charge in [-0.25, -0.2) is 4.79 Å². The van der Waals surface area contributed by atoms with Gasteiger partial charge < -0.3 is 9.88 Å². The third-order valence-corrected chi connectivity index (χ3v) is 5.42. The summed E-state index contributed by atoms with van der Waals surface area (Å²) < 4.78 is 0. The highest BCUT2D eigenvalue weighted by Gasteiger charge is 2.47. The number of aromatic amines is 1. The smallest absolute Gasteiger partial charge is 0.337 e. The first-order chi connectivity index (χ1) is 12.0. The van der Waals surface area contributed by atoms with Crippen molar-refractivity contribution in [1.82, 2.24) is 19.8 Å². The largest absolute Gasteiger partial charge is 0.345 e. The molecule has 1 aromatic heterocycles. The molecular weight excluding hydrogens is 316 g/mol. The van der Waals surface area contributed by atoms with Crippen molar-refractivity contribution >= 4 is 5.91 Å². The number of benzene rings is 1. The standard InChI is InChI=1S/C19H22N4O2/c1-12-8-16(21-19(25)20-12)18(24)23-10-14-9-22(2)17(15(14)11-23)13-6-4-3-5-7-13/h3-8,14-15,17H,9-11H2,1-2H3,(H,20,21,25)/t14-,15+,17-/m0/s1. The number of carbonyl (C=O) groups excluding carboxylic acids is 1. The van der Waals surface area contributed by atoms with Crippen molar-refractivity contribution in [2.24, 2.45) is 11.8 Å². The minimum atomic E-state index is -0.468. The molecule has 0 saturated carbocycles. The van der Waals surface area contributed by atoms with Gasteiger partial charge in [0.2, 0.25) is 0 Å². The van der Waals surface area contributed by atoms with Crippen LogP contribution in [0.25, 0.3) is 0 Å². The first kappa shape index (κ1) is 16.0. The Kier molecular flexibility index (Phi) is 3.92. The zero-order valence-electron chi connectivity index (χ0n) is 14.5. The topological polar surface area (TPSA) is 69.3 Å². The number of likely N-dealkylation sites (tertiary alicyclic amines) is 2. The number of fused-ring (bicyclic) bond motifs is 1. The summed E-state index contributed by atoms with van der Waals surface area (Å²) in [7, 11) is 2.16. The van der Waals surface area contributed by atoms with Crippen LogP contribution >= 0.6 is 0 Å². The molecule has 2 aliphatic rings. The van der Waals surface area contributed by atoms with Crippen molar-refractivity contribution in [1.29, 1.82) is 0 Å². The van der Waals surface area contributed by atoms with Gasteiger partial charge in [0.1, 0.15) is 5.69 Å². The summed E-state index contributed by atoms with van der Waals surface area (Å²) in [5.41, 5.74) is 1.73. The Bertz CT molecular complexity index is 848. The summed E-state index contributed by atoms with van der Waals surface area (Å²) in [5, 5.41) is 0. The Balaban J connectivity index is 1.57. The van der Waals surface area contributed by atoms with Crippen molar-refractivity contribution in [2.75, 3.05) is 26.7 Å². The fourth-order valence-corrected chi connectivity index (χ4v) is 4.43. The first-order valence-corrected chi connectivity index (χ1v) is 8.65. The molecule has 3 atom stereocenters. The molecule has 130 valence electrons.